The maximum Gasteiger partial charge on any atom is 0.119 e. The van der Waals surface area contributed by atoms with Crippen molar-refractivity contribution in [3.63, 3.8) is 0 Å². The number of nitrogens with zero attached hydrogens (tertiary/aromatic N) is 1. The van der Waals surface area contributed by atoms with Crippen LogP contribution in [-0.4, -0.2) is 22.4 Å². The van der Waals surface area contributed by atoms with E-state index in [0.29, 0.717) is 5.75 Å². The minimum atomic E-state index is 0.373. The molecule has 0 saturated heterocycles. The first-order valence-corrected chi connectivity index (χ1v) is 5.28. The summed E-state index contributed by atoms with van der Waals surface area (Å²) in [4.78, 5) is 4.34. The lowest BCUT2D eigenvalue weighted by Gasteiger charge is -2.02. The van der Waals surface area contributed by atoms with Crippen LogP contribution in [0.1, 0.15) is 5.56 Å². The topological polar surface area (TPSA) is 32.6 Å². The van der Waals surface area contributed by atoms with Crippen molar-refractivity contribution in [3.8, 4) is 5.75 Å². The molecule has 1 aromatic rings. The van der Waals surface area contributed by atoms with Gasteiger partial charge in [-0.15, -0.1) is 11.8 Å². The summed E-state index contributed by atoms with van der Waals surface area (Å²) < 4.78 is 0. The van der Waals surface area contributed by atoms with E-state index in [4.69, 9.17) is 0 Å². The van der Waals surface area contributed by atoms with Gasteiger partial charge in [0.05, 0.1) is 5.04 Å². The average Bonchev–Trinajstić information content (AvgIpc) is 2.61. The van der Waals surface area contributed by atoms with E-state index in [1.54, 1.807) is 17.8 Å². The van der Waals surface area contributed by atoms with E-state index < -0.39 is 0 Å². The molecule has 1 heterocycles. The molecule has 0 atom stereocenters. The minimum Gasteiger partial charge on any atom is -0.508 e. The summed E-state index contributed by atoms with van der Waals surface area (Å²) in [7, 11) is 0. The SMILES string of the molecule is Oc1ccccc1CC1=NCCS1. The Morgan fingerprint density at radius 3 is 2.92 bits per heavy atom. The number of hydrogen-bond donors (Lipinski definition) is 1. The molecule has 68 valence electrons. The Hall–Kier alpha value is -0.960. The highest BCUT2D eigenvalue weighted by Gasteiger charge is 2.09. The van der Waals surface area contributed by atoms with Crippen LogP contribution >= 0.6 is 11.8 Å². The Balaban J connectivity index is 2.13. The Morgan fingerprint density at radius 2 is 2.23 bits per heavy atom. The number of benzene rings is 1. The van der Waals surface area contributed by atoms with Crippen molar-refractivity contribution in [1.29, 1.82) is 0 Å². The van der Waals surface area contributed by atoms with Gasteiger partial charge in [0.25, 0.3) is 0 Å². The third-order valence-electron chi connectivity index (χ3n) is 1.98. The number of thioether (sulfide) groups is 1. The second kappa shape index (κ2) is 3.83. The number of para-hydroxylation sites is 1. The van der Waals surface area contributed by atoms with Gasteiger partial charge in [-0.1, -0.05) is 18.2 Å². The van der Waals surface area contributed by atoms with Crippen LogP contribution in [0.25, 0.3) is 0 Å². The zero-order valence-electron chi connectivity index (χ0n) is 7.23. The Morgan fingerprint density at radius 1 is 1.38 bits per heavy atom. The zero-order chi connectivity index (χ0) is 9.10. The van der Waals surface area contributed by atoms with E-state index in [2.05, 4.69) is 4.99 Å². The van der Waals surface area contributed by atoms with Gasteiger partial charge in [-0.3, -0.25) is 4.99 Å². The third kappa shape index (κ3) is 2.04. The summed E-state index contributed by atoms with van der Waals surface area (Å²) in [5.74, 6) is 1.46. The predicted octanol–water partition coefficient (Wildman–Crippen LogP) is 2.08. The molecular weight excluding hydrogens is 182 g/mol. The van der Waals surface area contributed by atoms with Gasteiger partial charge in [0.1, 0.15) is 5.75 Å². The van der Waals surface area contributed by atoms with E-state index in [-0.39, 0.29) is 0 Å². The average molecular weight is 193 g/mol. The molecule has 0 saturated carbocycles. The molecule has 0 bridgehead atoms. The quantitative estimate of drug-likeness (QED) is 0.780. The smallest absolute Gasteiger partial charge is 0.119 e. The molecule has 1 aliphatic rings. The van der Waals surface area contributed by atoms with E-state index in [0.717, 1.165) is 29.3 Å². The van der Waals surface area contributed by atoms with Gasteiger partial charge in [-0.25, -0.2) is 0 Å². The highest BCUT2D eigenvalue weighted by Crippen LogP contribution is 2.21. The van der Waals surface area contributed by atoms with Crippen molar-refractivity contribution in [2.45, 2.75) is 6.42 Å². The number of rotatable bonds is 2. The highest BCUT2D eigenvalue weighted by molar-refractivity contribution is 8.14. The second-order valence-electron chi connectivity index (χ2n) is 2.93. The van der Waals surface area contributed by atoms with Crippen LogP contribution in [0, 0.1) is 0 Å². The summed E-state index contributed by atoms with van der Waals surface area (Å²) in [5.41, 5.74) is 0.968. The largest absolute Gasteiger partial charge is 0.508 e. The summed E-state index contributed by atoms with van der Waals surface area (Å²) in [6.45, 7) is 0.924. The van der Waals surface area contributed by atoms with Gasteiger partial charge in [-0.05, 0) is 6.07 Å². The van der Waals surface area contributed by atoms with Crippen molar-refractivity contribution in [3.05, 3.63) is 29.8 Å². The molecule has 1 aliphatic heterocycles. The normalized spacial score (nSPS) is 15.8. The Bertz CT molecular complexity index is 335. The highest BCUT2D eigenvalue weighted by atomic mass is 32.2. The molecule has 3 heteroatoms. The van der Waals surface area contributed by atoms with Gasteiger partial charge in [0, 0.05) is 24.3 Å². The van der Waals surface area contributed by atoms with Gasteiger partial charge in [0.2, 0.25) is 0 Å². The van der Waals surface area contributed by atoms with E-state index in [1.807, 2.05) is 18.2 Å². The molecule has 1 aromatic carbocycles. The Labute approximate surface area is 81.7 Å². The number of phenolic OH excluding ortho intramolecular Hbond substituents is 1. The van der Waals surface area contributed by atoms with E-state index >= 15 is 0 Å². The number of aliphatic imine (C=N–C) groups is 1. The predicted molar refractivity (Wildman–Crippen MR) is 56.6 cm³/mol. The number of hydrogen-bond acceptors (Lipinski definition) is 3. The lowest BCUT2D eigenvalue weighted by molar-refractivity contribution is 0.470. The molecule has 0 spiro atoms. The molecule has 0 amide bonds. The molecule has 2 nitrogen and oxygen atoms in total. The third-order valence-corrected chi connectivity index (χ3v) is 2.97. The van der Waals surface area contributed by atoms with Crippen LogP contribution in [0.3, 0.4) is 0 Å². The van der Waals surface area contributed by atoms with Gasteiger partial charge >= 0.3 is 0 Å². The number of phenols is 1. The van der Waals surface area contributed by atoms with Crippen molar-refractivity contribution in [2.75, 3.05) is 12.3 Å². The van der Waals surface area contributed by atoms with Gasteiger partial charge in [0.15, 0.2) is 0 Å². The molecule has 2 rings (SSSR count). The summed E-state index contributed by atoms with van der Waals surface area (Å²) in [6.07, 6.45) is 0.775. The van der Waals surface area contributed by atoms with Crippen molar-refractivity contribution < 1.29 is 5.11 Å². The van der Waals surface area contributed by atoms with Gasteiger partial charge in [-0.2, -0.15) is 0 Å². The fourth-order valence-electron chi connectivity index (χ4n) is 1.31. The molecule has 0 fully saturated rings. The van der Waals surface area contributed by atoms with Gasteiger partial charge < -0.3 is 5.11 Å². The van der Waals surface area contributed by atoms with Crippen molar-refractivity contribution >= 4 is 16.8 Å². The Kier molecular flexibility index (Phi) is 2.54. The van der Waals surface area contributed by atoms with Crippen LogP contribution in [0.2, 0.25) is 0 Å². The number of aromatic hydroxyl groups is 1. The van der Waals surface area contributed by atoms with Crippen molar-refractivity contribution in [2.24, 2.45) is 4.99 Å². The maximum atomic E-state index is 9.51. The summed E-state index contributed by atoms with van der Waals surface area (Å²) >= 11 is 1.78. The fourth-order valence-corrected chi connectivity index (χ4v) is 2.17. The van der Waals surface area contributed by atoms with E-state index in [1.165, 1.54) is 0 Å². The zero-order valence-corrected chi connectivity index (χ0v) is 8.05. The first-order chi connectivity index (χ1) is 6.36. The molecule has 13 heavy (non-hydrogen) atoms. The fraction of sp³-hybridized carbons (Fsp3) is 0.300. The summed E-state index contributed by atoms with van der Waals surface area (Å²) in [6, 6.07) is 7.43. The van der Waals surface area contributed by atoms with Crippen LogP contribution in [0.15, 0.2) is 29.3 Å². The molecule has 0 radical (unpaired) electrons. The lowest BCUT2D eigenvalue weighted by Crippen LogP contribution is -1.95. The van der Waals surface area contributed by atoms with E-state index in [9.17, 15) is 5.11 Å². The maximum absolute atomic E-state index is 9.51. The molecular formula is C10H11NOS. The van der Waals surface area contributed by atoms with Crippen LogP contribution in [-0.2, 0) is 6.42 Å². The van der Waals surface area contributed by atoms with Crippen LogP contribution < -0.4 is 0 Å². The first-order valence-electron chi connectivity index (χ1n) is 4.29. The molecule has 0 unspecified atom stereocenters. The molecule has 1 N–H and O–H groups in total. The molecule has 0 aliphatic carbocycles. The first kappa shape index (κ1) is 8.63. The monoisotopic (exact) mass is 193 g/mol. The molecule has 0 aromatic heterocycles. The van der Waals surface area contributed by atoms with Crippen LogP contribution in [0.5, 0.6) is 5.75 Å². The second-order valence-corrected chi connectivity index (χ2v) is 4.10. The standard InChI is InChI=1S/C10H11NOS/c12-9-4-2-1-3-8(9)7-10-11-5-6-13-10/h1-4,12H,5-7H2. The van der Waals surface area contributed by atoms with Crippen molar-refractivity contribution in [1.82, 2.24) is 0 Å². The lowest BCUT2D eigenvalue weighted by atomic mass is 10.1. The minimum absolute atomic E-state index is 0.373. The van der Waals surface area contributed by atoms with Crippen LogP contribution in [0.4, 0.5) is 0 Å². The summed E-state index contributed by atoms with van der Waals surface area (Å²) in [5, 5.41) is 10.6.